The number of nitrogens with zero attached hydrogens (tertiary/aromatic N) is 4. The molecule has 0 radical (unpaired) electrons. The lowest BCUT2D eigenvalue weighted by Crippen LogP contribution is -2.59. The Labute approximate surface area is 243 Å². The summed E-state index contributed by atoms with van der Waals surface area (Å²) < 4.78 is 1.98. The van der Waals surface area contributed by atoms with Gasteiger partial charge >= 0.3 is 5.97 Å². The standard InChI is InChI=1S/C33H46N4O4/c1-3-21-14-22-16-23(15-21)18-26(17-22)36-24-8-7-9-25(36)20-27(19-24)37-30-11-6-5-10-28(30)34-32(33(37)40)29(35-41-4-2)12-13-31(38)39/h5-6,10-11,21-27H,3-4,7-9,12-20H2,1-2H3,(H,38,39)/b35-29+/t21-,22-,23+,24-,25+,26+,27+. The van der Waals surface area contributed by atoms with Gasteiger partial charge in [-0.25, -0.2) is 4.98 Å². The molecule has 1 aromatic heterocycles. The van der Waals surface area contributed by atoms with Gasteiger partial charge in [-0.2, -0.15) is 0 Å². The highest BCUT2D eigenvalue weighted by Crippen LogP contribution is 2.49. The van der Waals surface area contributed by atoms with Gasteiger partial charge in [0.1, 0.15) is 12.3 Å². The Morgan fingerprint density at radius 2 is 1.66 bits per heavy atom. The summed E-state index contributed by atoms with van der Waals surface area (Å²) in [6.45, 7) is 4.52. The Bertz CT molecular complexity index is 1310. The van der Waals surface area contributed by atoms with Crippen LogP contribution >= 0.6 is 0 Å². The van der Waals surface area contributed by atoms with Crippen molar-refractivity contribution in [1.29, 1.82) is 0 Å². The molecule has 7 atom stereocenters. The van der Waals surface area contributed by atoms with E-state index in [9.17, 15) is 14.7 Å². The van der Waals surface area contributed by atoms with E-state index in [0.29, 0.717) is 30.4 Å². The predicted octanol–water partition coefficient (Wildman–Crippen LogP) is 6.16. The number of hydrogen-bond acceptors (Lipinski definition) is 6. The molecule has 1 aromatic carbocycles. The molecule has 0 spiro atoms. The largest absolute Gasteiger partial charge is 0.481 e. The first kappa shape index (κ1) is 28.4. The fraction of sp³-hybridized carbons (Fsp3) is 0.697. The molecule has 2 saturated heterocycles. The molecular formula is C33H46N4O4. The number of oxime groups is 1. The van der Waals surface area contributed by atoms with Gasteiger partial charge in [0.25, 0.3) is 5.56 Å². The van der Waals surface area contributed by atoms with Gasteiger partial charge in [0, 0.05) is 30.6 Å². The highest BCUT2D eigenvalue weighted by Gasteiger charge is 2.46. The number of piperidine rings is 2. The molecule has 4 aliphatic rings. The maximum absolute atomic E-state index is 14.2. The zero-order valence-electron chi connectivity index (χ0n) is 24.7. The fourth-order valence-electron chi connectivity index (χ4n) is 9.01. The summed E-state index contributed by atoms with van der Waals surface area (Å²) in [5, 5.41) is 13.5. The van der Waals surface area contributed by atoms with Gasteiger partial charge in [-0.3, -0.25) is 14.5 Å². The van der Waals surface area contributed by atoms with E-state index >= 15 is 0 Å². The first-order valence-corrected chi connectivity index (χ1v) is 16.1. The van der Waals surface area contributed by atoms with Crippen molar-refractivity contribution in [3.8, 4) is 0 Å². The van der Waals surface area contributed by atoms with Gasteiger partial charge in [-0.1, -0.05) is 37.1 Å². The molecular weight excluding hydrogens is 516 g/mol. The quantitative estimate of drug-likeness (QED) is 0.290. The second-order valence-corrected chi connectivity index (χ2v) is 13.1. The maximum Gasteiger partial charge on any atom is 0.303 e. The van der Waals surface area contributed by atoms with Gasteiger partial charge in [-0.05, 0) is 94.6 Å². The lowest BCUT2D eigenvalue weighted by atomic mass is 9.64. The number of carboxylic acid groups (broad SMARTS) is 1. The number of rotatable bonds is 9. The van der Waals surface area contributed by atoms with Gasteiger partial charge < -0.3 is 14.5 Å². The average Bonchev–Trinajstić information content (AvgIpc) is 2.96. The molecule has 2 saturated carbocycles. The summed E-state index contributed by atoms with van der Waals surface area (Å²) >= 11 is 0. The van der Waals surface area contributed by atoms with Crippen LogP contribution < -0.4 is 5.56 Å². The molecule has 1 N–H and O–H groups in total. The van der Waals surface area contributed by atoms with Gasteiger partial charge in [0.15, 0.2) is 5.69 Å². The molecule has 4 fully saturated rings. The number of carboxylic acids is 1. The van der Waals surface area contributed by atoms with Crippen molar-refractivity contribution in [3.63, 3.8) is 0 Å². The lowest BCUT2D eigenvalue weighted by Gasteiger charge is -2.56. The summed E-state index contributed by atoms with van der Waals surface area (Å²) in [4.78, 5) is 38.6. The summed E-state index contributed by atoms with van der Waals surface area (Å²) in [6.07, 6.45) is 13.9. The van der Waals surface area contributed by atoms with Crippen LogP contribution in [0.2, 0.25) is 0 Å². The van der Waals surface area contributed by atoms with Crippen molar-refractivity contribution in [2.45, 2.75) is 121 Å². The highest BCUT2D eigenvalue weighted by atomic mass is 16.6. The second-order valence-electron chi connectivity index (χ2n) is 13.1. The van der Waals surface area contributed by atoms with Crippen molar-refractivity contribution < 1.29 is 14.7 Å². The molecule has 222 valence electrons. The minimum Gasteiger partial charge on any atom is -0.481 e. The van der Waals surface area contributed by atoms with Crippen molar-refractivity contribution >= 4 is 22.7 Å². The van der Waals surface area contributed by atoms with E-state index in [-0.39, 0.29) is 30.1 Å². The topological polar surface area (TPSA) is 97.0 Å². The van der Waals surface area contributed by atoms with E-state index in [1.165, 1.54) is 57.8 Å². The average molecular weight is 563 g/mol. The molecule has 4 bridgehead atoms. The van der Waals surface area contributed by atoms with Crippen LogP contribution in [-0.4, -0.2) is 56.0 Å². The third-order valence-electron chi connectivity index (χ3n) is 10.5. The highest BCUT2D eigenvalue weighted by molar-refractivity contribution is 6.00. The van der Waals surface area contributed by atoms with Gasteiger partial charge in [-0.15, -0.1) is 0 Å². The zero-order chi connectivity index (χ0) is 28.5. The van der Waals surface area contributed by atoms with Crippen molar-refractivity contribution in [3.05, 3.63) is 40.3 Å². The summed E-state index contributed by atoms with van der Waals surface area (Å²) in [7, 11) is 0. The van der Waals surface area contributed by atoms with Crippen LogP contribution in [-0.2, 0) is 9.63 Å². The summed E-state index contributed by atoms with van der Waals surface area (Å²) in [5.74, 6) is 1.77. The van der Waals surface area contributed by atoms with Crippen LogP contribution in [0.25, 0.3) is 11.0 Å². The number of benzene rings is 1. The SMILES string of the molecule is CCO/N=C(\CCC(=O)O)c1nc2ccccc2n([C@H]2C[C@H]3CCC[C@@H](C2)N3[C@H]2C[C@@H]3C[C@@H](CC)C[C@@H](C3)C2)c1=O. The number of para-hydroxylation sites is 2. The first-order valence-electron chi connectivity index (χ1n) is 16.1. The first-order chi connectivity index (χ1) is 19.9. The van der Waals surface area contributed by atoms with E-state index < -0.39 is 5.97 Å². The van der Waals surface area contributed by atoms with E-state index in [1.807, 2.05) is 35.8 Å². The number of hydrogen-bond donors (Lipinski definition) is 1. The van der Waals surface area contributed by atoms with Crippen LogP contribution in [0.4, 0.5) is 0 Å². The summed E-state index contributed by atoms with van der Waals surface area (Å²) in [5.41, 5.74) is 1.94. The normalized spacial score (nSPS) is 32.1. The monoisotopic (exact) mass is 562 g/mol. The minimum atomic E-state index is -0.937. The Morgan fingerprint density at radius 1 is 0.951 bits per heavy atom. The fourth-order valence-corrected chi connectivity index (χ4v) is 9.01. The van der Waals surface area contributed by atoms with Crippen molar-refractivity contribution in [1.82, 2.24) is 14.5 Å². The molecule has 6 rings (SSSR count). The van der Waals surface area contributed by atoms with Crippen molar-refractivity contribution in [2.24, 2.45) is 22.9 Å². The Hall–Kier alpha value is -2.74. The van der Waals surface area contributed by atoms with Crippen LogP contribution in [0.1, 0.15) is 109 Å². The summed E-state index contributed by atoms with van der Waals surface area (Å²) in [6, 6.07) is 9.62. The third kappa shape index (κ3) is 5.81. The molecule has 2 aliphatic carbocycles. The number of aliphatic carboxylic acids is 1. The molecule has 8 nitrogen and oxygen atoms in total. The lowest BCUT2D eigenvalue weighted by molar-refractivity contribution is -0.136. The van der Waals surface area contributed by atoms with Gasteiger partial charge in [0.05, 0.1) is 17.5 Å². The van der Waals surface area contributed by atoms with Crippen LogP contribution in [0, 0.1) is 17.8 Å². The second kappa shape index (κ2) is 12.2. The number of carbonyl (C=O) groups is 1. The van der Waals surface area contributed by atoms with E-state index in [1.54, 1.807) is 0 Å². The number of aromatic nitrogens is 2. The molecule has 3 heterocycles. The Kier molecular flexibility index (Phi) is 8.47. The number of fused-ring (bicyclic) bond motifs is 5. The molecule has 2 aliphatic heterocycles. The smallest absolute Gasteiger partial charge is 0.303 e. The molecule has 8 heteroatoms. The molecule has 0 unspecified atom stereocenters. The molecule has 41 heavy (non-hydrogen) atoms. The molecule has 2 aromatic rings. The van der Waals surface area contributed by atoms with E-state index in [4.69, 9.17) is 9.82 Å². The zero-order valence-corrected chi connectivity index (χ0v) is 24.7. The Morgan fingerprint density at radius 3 is 2.32 bits per heavy atom. The Balaban J connectivity index is 1.32. The third-order valence-corrected chi connectivity index (χ3v) is 10.5. The van der Waals surface area contributed by atoms with Crippen LogP contribution in [0.5, 0.6) is 0 Å². The van der Waals surface area contributed by atoms with E-state index in [0.717, 1.165) is 41.6 Å². The molecule has 0 amide bonds. The van der Waals surface area contributed by atoms with Gasteiger partial charge in [0.2, 0.25) is 0 Å². The van der Waals surface area contributed by atoms with Crippen LogP contribution in [0.15, 0.2) is 34.2 Å². The van der Waals surface area contributed by atoms with Crippen LogP contribution in [0.3, 0.4) is 0 Å². The van der Waals surface area contributed by atoms with E-state index in [2.05, 4.69) is 17.0 Å². The minimum absolute atomic E-state index is 0.0843. The maximum atomic E-state index is 14.2. The van der Waals surface area contributed by atoms with Crippen molar-refractivity contribution in [2.75, 3.05) is 6.61 Å². The predicted molar refractivity (Wildman–Crippen MR) is 160 cm³/mol.